The number of hydrogen-bond acceptors (Lipinski definition) is 5. The van der Waals surface area contributed by atoms with Gasteiger partial charge in [0, 0.05) is 46.1 Å². The molecule has 0 radical (unpaired) electrons. The molecule has 0 unspecified atom stereocenters. The minimum absolute atomic E-state index is 0.611. The standard InChI is InChI=1S/2C6H8N2.C2H6OS/c2*7-5-1-2-6(8)4-3-5;1-4(2)3/h2*1-4H,7-8H2;1-2H3. The summed E-state index contributed by atoms with van der Waals surface area (Å²) in [6.45, 7) is 0. The predicted molar refractivity (Wildman–Crippen MR) is 90.5 cm³/mol. The lowest BCUT2D eigenvalue weighted by molar-refractivity contribution is 0.690. The SMILES string of the molecule is CS(C)=O.Nc1ccc(N)cc1.Nc1ccc(N)cc1. The Balaban J connectivity index is 0.000000289. The summed E-state index contributed by atoms with van der Waals surface area (Å²) in [6.07, 6.45) is 3.28. The van der Waals surface area contributed by atoms with E-state index in [0.29, 0.717) is 0 Å². The molecule has 2 aromatic carbocycles. The summed E-state index contributed by atoms with van der Waals surface area (Å²) in [5, 5.41) is 0. The van der Waals surface area contributed by atoms with Crippen LogP contribution in [0.2, 0.25) is 0 Å². The molecule has 2 aromatic rings. The van der Waals surface area contributed by atoms with E-state index < -0.39 is 10.8 Å². The Labute approximate surface area is 122 Å². The maximum atomic E-state index is 9.56. The molecule has 0 aliphatic rings. The molecule has 0 amide bonds. The van der Waals surface area contributed by atoms with Gasteiger partial charge in [0.1, 0.15) is 0 Å². The van der Waals surface area contributed by atoms with Gasteiger partial charge in [-0.2, -0.15) is 0 Å². The molecule has 0 heterocycles. The summed E-state index contributed by atoms with van der Waals surface area (Å²) in [4.78, 5) is 0. The summed E-state index contributed by atoms with van der Waals surface area (Å²) in [5.41, 5.74) is 24.5. The van der Waals surface area contributed by atoms with Crippen LogP contribution in [-0.4, -0.2) is 16.7 Å². The van der Waals surface area contributed by atoms with Crippen molar-refractivity contribution >= 4 is 33.5 Å². The fourth-order valence-corrected chi connectivity index (χ4v) is 0.992. The second-order valence-electron chi connectivity index (χ2n) is 4.07. The van der Waals surface area contributed by atoms with Crippen LogP contribution in [0.5, 0.6) is 0 Å². The van der Waals surface area contributed by atoms with E-state index in [1.165, 1.54) is 0 Å². The van der Waals surface area contributed by atoms with Crippen molar-refractivity contribution in [1.82, 2.24) is 0 Å². The van der Waals surface area contributed by atoms with Crippen LogP contribution in [0, 0.1) is 0 Å². The van der Waals surface area contributed by atoms with Crippen LogP contribution in [-0.2, 0) is 10.8 Å². The lowest BCUT2D eigenvalue weighted by Gasteiger charge is -1.90. The van der Waals surface area contributed by atoms with Gasteiger partial charge < -0.3 is 22.9 Å². The number of nitrogen functional groups attached to an aromatic ring is 4. The average Bonchev–Trinajstić information content (AvgIpc) is 2.37. The Hall–Kier alpha value is -2.21. The van der Waals surface area contributed by atoms with E-state index in [0.717, 1.165) is 22.7 Å². The first-order chi connectivity index (χ1) is 9.31. The fraction of sp³-hybridized carbons (Fsp3) is 0.143. The van der Waals surface area contributed by atoms with Crippen LogP contribution < -0.4 is 22.9 Å². The highest BCUT2D eigenvalue weighted by Gasteiger charge is 1.81. The third kappa shape index (κ3) is 10.9. The molecule has 2 rings (SSSR count). The first-order valence-electron chi connectivity index (χ1n) is 5.78. The molecule has 0 saturated carbocycles. The number of nitrogens with two attached hydrogens (primary N) is 4. The maximum absolute atomic E-state index is 9.56. The zero-order chi connectivity index (χ0) is 15.5. The molecular formula is C14H22N4OS. The molecule has 0 bridgehead atoms. The van der Waals surface area contributed by atoms with Gasteiger partial charge in [0.2, 0.25) is 0 Å². The second-order valence-corrected chi connectivity index (χ2v) is 5.56. The van der Waals surface area contributed by atoms with Crippen LogP contribution in [0.3, 0.4) is 0 Å². The minimum atomic E-state index is -0.611. The molecule has 8 N–H and O–H groups in total. The van der Waals surface area contributed by atoms with E-state index >= 15 is 0 Å². The minimum Gasteiger partial charge on any atom is -0.399 e. The lowest BCUT2D eigenvalue weighted by Crippen LogP contribution is -1.86. The molecule has 6 heteroatoms. The molecule has 5 nitrogen and oxygen atoms in total. The van der Waals surface area contributed by atoms with Crippen LogP contribution in [0.15, 0.2) is 48.5 Å². The Morgan fingerprint density at radius 2 is 0.700 bits per heavy atom. The van der Waals surface area contributed by atoms with Crippen molar-refractivity contribution in [3.05, 3.63) is 48.5 Å². The largest absolute Gasteiger partial charge is 0.399 e. The van der Waals surface area contributed by atoms with E-state index in [-0.39, 0.29) is 0 Å². The zero-order valence-electron chi connectivity index (χ0n) is 11.7. The van der Waals surface area contributed by atoms with Crippen molar-refractivity contribution in [1.29, 1.82) is 0 Å². The van der Waals surface area contributed by atoms with E-state index in [1.54, 1.807) is 61.0 Å². The highest BCUT2D eigenvalue weighted by Crippen LogP contribution is 2.05. The smallest absolute Gasteiger partial charge is 0.0315 e. The van der Waals surface area contributed by atoms with E-state index in [4.69, 9.17) is 22.9 Å². The van der Waals surface area contributed by atoms with Crippen molar-refractivity contribution in [2.75, 3.05) is 35.4 Å². The van der Waals surface area contributed by atoms with Gasteiger partial charge in [-0.05, 0) is 48.5 Å². The molecule has 0 spiro atoms. The van der Waals surface area contributed by atoms with Crippen molar-refractivity contribution < 1.29 is 4.21 Å². The molecule has 0 saturated heterocycles. The van der Waals surface area contributed by atoms with Gasteiger partial charge in [0.15, 0.2) is 0 Å². The van der Waals surface area contributed by atoms with E-state index in [9.17, 15) is 4.21 Å². The van der Waals surface area contributed by atoms with E-state index in [2.05, 4.69) is 0 Å². The highest BCUT2D eigenvalue weighted by molar-refractivity contribution is 7.83. The average molecular weight is 294 g/mol. The summed E-state index contributed by atoms with van der Waals surface area (Å²) < 4.78 is 9.56. The number of benzene rings is 2. The van der Waals surface area contributed by atoms with Gasteiger partial charge in [-0.1, -0.05) is 0 Å². The Morgan fingerprint density at radius 1 is 0.600 bits per heavy atom. The second kappa shape index (κ2) is 9.69. The Morgan fingerprint density at radius 3 is 0.800 bits per heavy atom. The monoisotopic (exact) mass is 294 g/mol. The Bertz CT molecular complexity index is 422. The van der Waals surface area contributed by atoms with Gasteiger partial charge in [0.25, 0.3) is 0 Å². The Kier molecular flexibility index (Phi) is 8.61. The van der Waals surface area contributed by atoms with Crippen LogP contribution in [0.4, 0.5) is 22.7 Å². The van der Waals surface area contributed by atoms with Crippen molar-refractivity contribution in [2.45, 2.75) is 0 Å². The van der Waals surface area contributed by atoms with Gasteiger partial charge in [0.05, 0.1) is 0 Å². The summed E-state index contributed by atoms with van der Waals surface area (Å²) in [6, 6.07) is 14.2. The third-order valence-electron chi connectivity index (χ3n) is 1.87. The molecule has 0 atom stereocenters. The predicted octanol–water partition coefficient (Wildman–Crippen LogP) is 1.70. The van der Waals surface area contributed by atoms with Crippen molar-refractivity contribution in [2.24, 2.45) is 0 Å². The molecule has 0 aliphatic carbocycles. The summed E-state index contributed by atoms with van der Waals surface area (Å²) in [5.74, 6) is 0. The summed E-state index contributed by atoms with van der Waals surface area (Å²) in [7, 11) is -0.611. The number of anilines is 4. The van der Waals surface area contributed by atoms with E-state index in [1.807, 2.05) is 0 Å². The molecular weight excluding hydrogens is 272 g/mol. The number of rotatable bonds is 0. The molecule has 20 heavy (non-hydrogen) atoms. The molecule has 0 aliphatic heterocycles. The zero-order valence-corrected chi connectivity index (χ0v) is 12.6. The quantitative estimate of drug-likeness (QED) is 0.551. The topological polar surface area (TPSA) is 121 Å². The van der Waals surface area contributed by atoms with Crippen LogP contribution >= 0.6 is 0 Å². The van der Waals surface area contributed by atoms with Crippen molar-refractivity contribution in [3.63, 3.8) is 0 Å². The highest BCUT2D eigenvalue weighted by atomic mass is 32.2. The van der Waals surface area contributed by atoms with Crippen LogP contribution in [0.1, 0.15) is 0 Å². The van der Waals surface area contributed by atoms with Crippen molar-refractivity contribution in [3.8, 4) is 0 Å². The molecule has 110 valence electrons. The number of hydrogen-bond donors (Lipinski definition) is 4. The molecule has 0 fully saturated rings. The summed E-state index contributed by atoms with van der Waals surface area (Å²) >= 11 is 0. The van der Waals surface area contributed by atoms with Gasteiger partial charge in [-0.3, -0.25) is 4.21 Å². The van der Waals surface area contributed by atoms with Gasteiger partial charge in [-0.25, -0.2) is 0 Å². The first kappa shape index (κ1) is 17.8. The van der Waals surface area contributed by atoms with Gasteiger partial charge >= 0.3 is 0 Å². The lowest BCUT2D eigenvalue weighted by atomic mass is 10.3. The maximum Gasteiger partial charge on any atom is 0.0315 e. The fourth-order valence-electron chi connectivity index (χ4n) is 0.992. The normalized spacial score (nSPS) is 8.95. The molecule has 0 aromatic heterocycles. The van der Waals surface area contributed by atoms with Gasteiger partial charge in [-0.15, -0.1) is 0 Å². The third-order valence-corrected chi connectivity index (χ3v) is 1.87. The first-order valence-corrected chi connectivity index (χ1v) is 7.75. The van der Waals surface area contributed by atoms with Crippen LogP contribution in [0.25, 0.3) is 0 Å².